The fourth-order valence-electron chi connectivity index (χ4n) is 2.00. The van der Waals surface area contributed by atoms with Gasteiger partial charge in [-0.15, -0.1) is 11.3 Å². The van der Waals surface area contributed by atoms with Crippen LogP contribution >= 0.6 is 33.9 Å². The van der Waals surface area contributed by atoms with Gasteiger partial charge < -0.3 is 10.5 Å². The number of fused-ring (bicyclic) bond motifs is 1. The van der Waals surface area contributed by atoms with Crippen LogP contribution < -0.4 is 10.5 Å². The van der Waals surface area contributed by atoms with Crippen molar-refractivity contribution in [2.45, 2.75) is 19.4 Å². The summed E-state index contributed by atoms with van der Waals surface area (Å²) in [5, 5.41) is 2.02. The summed E-state index contributed by atoms with van der Waals surface area (Å²) in [4.78, 5) is 5.48. The molecule has 1 atom stereocenters. The highest BCUT2D eigenvalue weighted by atomic mass is 127. The maximum absolute atomic E-state index is 5.93. The van der Waals surface area contributed by atoms with E-state index in [1.54, 1.807) is 11.3 Å². The number of aromatic nitrogens is 2. The summed E-state index contributed by atoms with van der Waals surface area (Å²) < 4.78 is 9.15. The van der Waals surface area contributed by atoms with Crippen molar-refractivity contribution in [2.75, 3.05) is 0 Å². The molecule has 0 amide bonds. The second-order valence-electron chi connectivity index (χ2n) is 4.66. The van der Waals surface area contributed by atoms with Gasteiger partial charge in [-0.3, -0.25) is 4.40 Å². The van der Waals surface area contributed by atoms with Crippen molar-refractivity contribution in [3.05, 3.63) is 45.1 Å². The normalized spacial score (nSPS) is 12.8. The Morgan fingerprint density at radius 1 is 1.40 bits per heavy atom. The van der Waals surface area contributed by atoms with Crippen LogP contribution in [-0.2, 0) is 6.42 Å². The molecular formula is C14H14IN3OS. The van der Waals surface area contributed by atoms with Gasteiger partial charge >= 0.3 is 0 Å². The highest BCUT2D eigenvalue weighted by Gasteiger charge is 2.16. The maximum Gasteiger partial charge on any atom is 0.242 e. The molecule has 0 saturated heterocycles. The molecule has 1 aromatic carbocycles. The number of ether oxygens (including phenoxy) is 1. The van der Waals surface area contributed by atoms with E-state index in [1.165, 1.54) is 3.57 Å². The first kappa shape index (κ1) is 13.8. The van der Waals surface area contributed by atoms with Crippen LogP contribution in [-0.4, -0.2) is 15.4 Å². The van der Waals surface area contributed by atoms with Crippen molar-refractivity contribution in [1.29, 1.82) is 0 Å². The Hall–Kier alpha value is -1.12. The molecule has 0 bridgehead atoms. The molecule has 1 unspecified atom stereocenters. The lowest BCUT2D eigenvalue weighted by Gasteiger charge is -2.08. The molecule has 0 fully saturated rings. The van der Waals surface area contributed by atoms with Crippen LogP contribution in [0.3, 0.4) is 0 Å². The molecule has 2 heterocycles. The lowest BCUT2D eigenvalue weighted by Crippen LogP contribution is -2.19. The standard InChI is InChI=1S/C14H14IN3OS/c1-9(16)8-12-13(17-14-18(12)6-7-20-14)19-11-4-2-10(15)3-5-11/h2-7,9H,8,16H2,1H3. The number of halogens is 1. The summed E-state index contributed by atoms with van der Waals surface area (Å²) in [5.74, 6) is 1.44. The second kappa shape index (κ2) is 5.71. The van der Waals surface area contributed by atoms with Gasteiger partial charge in [0, 0.05) is 27.6 Å². The molecule has 2 aromatic heterocycles. The van der Waals surface area contributed by atoms with Gasteiger partial charge in [-0.1, -0.05) is 0 Å². The third-order valence-electron chi connectivity index (χ3n) is 2.87. The quantitative estimate of drug-likeness (QED) is 0.681. The zero-order valence-electron chi connectivity index (χ0n) is 10.9. The van der Waals surface area contributed by atoms with Crippen molar-refractivity contribution >= 4 is 38.9 Å². The number of rotatable bonds is 4. The molecule has 0 aliphatic carbocycles. The average molecular weight is 399 g/mol. The molecule has 3 aromatic rings. The summed E-state index contributed by atoms with van der Waals surface area (Å²) in [6, 6.07) is 7.99. The molecule has 0 saturated carbocycles. The maximum atomic E-state index is 5.93. The molecule has 0 radical (unpaired) electrons. The number of thiazole rings is 1. The van der Waals surface area contributed by atoms with Gasteiger partial charge in [0.05, 0.1) is 5.69 Å². The van der Waals surface area contributed by atoms with E-state index in [2.05, 4.69) is 32.0 Å². The molecule has 20 heavy (non-hydrogen) atoms. The van der Waals surface area contributed by atoms with E-state index in [-0.39, 0.29) is 6.04 Å². The molecule has 104 valence electrons. The zero-order chi connectivity index (χ0) is 14.1. The smallest absolute Gasteiger partial charge is 0.242 e. The van der Waals surface area contributed by atoms with E-state index < -0.39 is 0 Å². The van der Waals surface area contributed by atoms with Gasteiger partial charge in [-0.05, 0) is 53.8 Å². The van der Waals surface area contributed by atoms with Crippen molar-refractivity contribution in [2.24, 2.45) is 5.73 Å². The Bertz CT molecular complexity index is 718. The van der Waals surface area contributed by atoms with E-state index in [4.69, 9.17) is 10.5 Å². The van der Waals surface area contributed by atoms with Gasteiger partial charge in [0.15, 0.2) is 4.96 Å². The zero-order valence-corrected chi connectivity index (χ0v) is 13.9. The first-order valence-corrected chi connectivity index (χ1v) is 8.23. The Morgan fingerprint density at radius 3 is 2.85 bits per heavy atom. The predicted octanol–water partition coefficient (Wildman–Crippen LogP) is 3.68. The highest BCUT2D eigenvalue weighted by Crippen LogP contribution is 2.29. The van der Waals surface area contributed by atoms with Gasteiger partial charge in [0.2, 0.25) is 5.88 Å². The third kappa shape index (κ3) is 2.82. The number of benzene rings is 1. The molecule has 4 nitrogen and oxygen atoms in total. The van der Waals surface area contributed by atoms with E-state index in [9.17, 15) is 0 Å². The van der Waals surface area contributed by atoms with Gasteiger partial charge in [-0.25, -0.2) is 0 Å². The second-order valence-corrected chi connectivity index (χ2v) is 6.78. The lowest BCUT2D eigenvalue weighted by atomic mass is 10.2. The van der Waals surface area contributed by atoms with Crippen LogP contribution in [0.15, 0.2) is 35.8 Å². The van der Waals surface area contributed by atoms with Crippen molar-refractivity contribution < 1.29 is 4.74 Å². The van der Waals surface area contributed by atoms with Crippen LogP contribution in [0.4, 0.5) is 0 Å². The van der Waals surface area contributed by atoms with Crippen molar-refractivity contribution in [3.8, 4) is 11.6 Å². The number of hydrogen-bond donors (Lipinski definition) is 1. The SMILES string of the molecule is CC(N)Cc1c(Oc2ccc(I)cc2)nc2sccn12. The minimum atomic E-state index is 0.0638. The van der Waals surface area contributed by atoms with Crippen molar-refractivity contribution in [1.82, 2.24) is 9.38 Å². The molecule has 0 spiro atoms. The summed E-state index contributed by atoms with van der Waals surface area (Å²) in [7, 11) is 0. The topological polar surface area (TPSA) is 52.5 Å². The minimum absolute atomic E-state index is 0.0638. The Labute approximate surface area is 134 Å². The largest absolute Gasteiger partial charge is 0.437 e. The monoisotopic (exact) mass is 399 g/mol. The predicted molar refractivity (Wildman–Crippen MR) is 89.7 cm³/mol. The number of imidazole rings is 1. The first-order valence-electron chi connectivity index (χ1n) is 6.27. The van der Waals surface area contributed by atoms with Crippen LogP contribution in [0.2, 0.25) is 0 Å². The summed E-state index contributed by atoms with van der Waals surface area (Å²) in [6.07, 6.45) is 2.74. The lowest BCUT2D eigenvalue weighted by molar-refractivity contribution is 0.456. The highest BCUT2D eigenvalue weighted by molar-refractivity contribution is 14.1. The fraction of sp³-hybridized carbons (Fsp3) is 0.214. The number of hydrogen-bond acceptors (Lipinski definition) is 4. The van der Waals surface area contributed by atoms with E-state index >= 15 is 0 Å². The summed E-state index contributed by atoms with van der Waals surface area (Å²) in [6.45, 7) is 1.99. The molecule has 3 rings (SSSR count). The summed E-state index contributed by atoms with van der Waals surface area (Å²) >= 11 is 3.86. The average Bonchev–Trinajstić information content (AvgIpc) is 2.96. The number of nitrogens with zero attached hydrogens (tertiary/aromatic N) is 2. The molecular weight excluding hydrogens is 385 g/mol. The fourth-order valence-corrected chi connectivity index (χ4v) is 3.08. The minimum Gasteiger partial charge on any atom is -0.437 e. The molecule has 2 N–H and O–H groups in total. The van der Waals surface area contributed by atoms with Crippen LogP contribution in [0, 0.1) is 3.57 Å². The van der Waals surface area contributed by atoms with Gasteiger partial charge in [0.1, 0.15) is 5.75 Å². The van der Waals surface area contributed by atoms with Crippen LogP contribution in [0.1, 0.15) is 12.6 Å². The molecule has 0 aliphatic heterocycles. The van der Waals surface area contributed by atoms with E-state index in [0.717, 1.165) is 22.8 Å². The van der Waals surface area contributed by atoms with Gasteiger partial charge in [-0.2, -0.15) is 4.98 Å². The first-order chi connectivity index (χ1) is 9.63. The van der Waals surface area contributed by atoms with Crippen molar-refractivity contribution in [3.63, 3.8) is 0 Å². The Morgan fingerprint density at radius 2 is 2.15 bits per heavy atom. The van der Waals surface area contributed by atoms with E-state index in [0.29, 0.717) is 5.88 Å². The Balaban J connectivity index is 1.97. The van der Waals surface area contributed by atoms with E-state index in [1.807, 2.05) is 42.8 Å². The summed E-state index contributed by atoms with van der Waals surface area (Å²) in [5.41, 5.74) is 6.95. The Kier molecular flexibility index (Phi) is 3.95. The molecule has 0 aliphatic rings. The third-order valence-corrected chi connectivity index (χ3v) is 4.34. The molecule has 6 heteroatoms. The van der Waals surface area contributed by atoms with Gasteiger partial charge in [0.25, 0.3) is 0 Å². The van der Waals surface area contributed by atoms with Crippen LogP contribution in [0.5, 0.6) is 11.6 Å². The number of nitrogens with two attached hydrogens (primary N) is 1. The van der Waals surface area contributed by atoms with Crippen LogP contribution in [0.25, 0.3) is 4.96 Å².